The summed E-state index contributed by atoms with van der Waals surface area (Å²) in [7, 11) is 3.62. The zero-order valence-corrected chi connectivity index (χ0v) is 15.7. The predicted octanol–water partition coefficient (Wildman–Crippen LogP) is 4.45. The molecule has 1 N–H and O–H groups in total. The van der Waals surface area contributed by atoms with Gasteiger partial charge in [-0.05, 0) is 37.6 Å². The number of ether oxygens (including phenoxy) is 1. The molecule has 2 aromatic rings. The summed E-state index contributed by atoms with van der Waals surface area (Å²) in [6.45, 7) is 6.64. The highest BCUT2D eigenvalue weighted by Gasteiger charge is 2.18. The van der Waals surface area contributed by atoms with Crippen molar-refractivity contribution in [3.8, 4) is 5.75 Å². The van der Waals surface area contributed by atoms with E-state index in [0.717, 1.165) is 22.6 Å². The van der Waals surface area contributed by atoms with Crippen molar-refractivity contribution >= 4 is 11.6 Å². The number of nitrogens with one attached hydrogen (secondary N) is 1. The van der Waals surface area contributed by atoms with Crippen LogP contribution < -0.4 is 10.1 Å². The standard InChI is InChI=1S/C21H28N2O2/c1-15(2)17-10-6-8-12-19(17)22-21(24)14-23(4)16(3)18-11-7-9-13-20(18)25-5/h6-13,15-16H,14H2,1-5H3,(H,22,24). The number of para-hydroxylation sites is 2. The molecule has 2 rings (SSSR count). The Morgan fingerprint density at radius 1 is 1.04 bits per heavy atom. The maximum Gasteiger partial charge on any atom is 0.238 e. The lowest BCUT2D eigenvalue weighted by Gasteiger charge is -2.26. The van der Waals surface area contributed by atoms with Crippen LogP contribution in [0.3, 0.4) is 0 Å². The summed E-state index contributed by atoms with van der Waals surface area (Å²) in [4.78, 5) is 14.5. The van der Waals surface area contributed by atoms with Crippen molar-refractivity contribution in [2.24, 2.45) is 0 Å². The number of anilines is 1. The van der Waals surface area contributed by atoms with E-state index in [1.165, 1.54) is 0 Å². The zero-order valence-electron chi connectivity index (χ0n) is 15.7. The van der Waals surface area contributed by atoms with Crippen LogP contribution in [0.5, 0.6) is 5.75 Å². The van der Waals surface area contributed by atoms with E-state index in [-0.39, 0.29) is 11.9 Å². The van der Waals surface area contributed by atoms with Gasteiger partial charge in [0.15, 0.2) is 0 Å². The van der Waals surface area contributed by atoms with E-state index >= 15 is 0 Å². The summed E-state index contributed by atoms with van der Waals surface area (Å²) in [6.07, 6.45) is 0. The summed E-state index contributed by atoms with van der Waals surface area (Å²) in [6, 6.07) is 15.9. The molecule has 1 amide bonds. The number of carbonyl (C=O) groups excluding carboxylic acids is 1. The van der Waals surface area contributed by atoms with E-state index in [1.807, 2.05) is 54.4 Å². The molecule has 4 heteroatoms. The fourth-order valence-electron chi connectivity index (χ4n) is 2.92. The number of carbonyl (C=O) groups is 1. The monoisotopic (exact) mass is 340 g/mol. The third-order valence-electron chi connectivity index (χ3n) is 4.50. The Morgan fingerprint density at radius 2 is 1.64 bits per heavy atom. The maximum atomic E-state index is 12.5. The molecular weight excluding hydrogens is 312 g/mol. The maximum absolute atomic E-state index is 12.5. The van der Waals surface area contributed by atoms with Crippen molar-refractivity contribution in [2.45, 2.75) is 32.7 Å². The van der Waals surface area contributed by atoms with Crippen LogP contribution >= 0.6 is 0 Å². The van der Waals surface area contributed by atoms with E-state index < -0.39 is 0 Å². The summed E-state index contributed by atoms with van der Waals surface area (Å²) in [5.74, 6) is 1.19. The Labute approximate surface area is 150 Å². The number of hydrogen-bond acceptors (Lipinski definition) is 3. The van der Waals surface area contributed by atoms with Gasteiger partial charge in [-0.2, -0.15) is 0 Å². The number of nitrogens with zero attached hydrogens (tertiary/aromatic N) is 1. The number of likely N-dealkylation sites (N-methyl/N-ethyl adjacent to an activating group) is 1. The van der Waals surface area contributed by atoms with Crippen LogP contribution in [0.15, 0.2) is 48.5 Å². The van der Waals surface area contributed by atoms with Gasteiger partial charge in [-0.1, -0.05) is 50.2 Å². The highest BCUT2D eigenvalue weighted by atomic mass is 16.5. The molecule has 0 radical (unpaired) electrons. The van der Waals surface area contributed by atoms with Gasteiger partial charge in [0.2, 0.25) is 5.91 Å². The average Bonchev–Trinajstić information content (AvgIpc) is 2.61. The van der Waals surface area contributed by atoms with Gasteiger partial charge in [-0.25, -0.2) is 0 Å². The second-order valence-electron chi connectivity index (χ2n) is 6.62. The minimum Gasteiger partial charge on any atom is -0.496 e. The molecule has 0 aromatic heterocycles. The molecule has 4 nitrogen and oxygen atoms in total. The van der Waals surface area contributed by atoms with Crippen LogP contribution in [-0.4, -0.2) is 31.5 Å². The van der Waals surface area contributed by atoms with E-state index in [4.69, 9.17) is 4.74 Å². The lowest BCUT2D eigenvalue weighted by atomic mass is 10.0. The molecule has 0 saturated heterocycles. The third-order valence-corrected chi connectivity index (χ3v) is 4.50. The van der Waals surface area contributed by atoms with Gasteiger partial charge in [0, 0.05) is 17.3 Å². The number of benzene rings is 2. The molecule has 0 saturated carbocycles. The molecule has 0 heterocycles. The molecule has 0 spiro atoms. The fraction of sp³-hybridized carbons (Fsp3) is 0.381. The van der Waals surface area contributed by atoms with Crippen molar-refractivity contribution in [3.05, 3.63) is 59.7 Å². The van der Waals surface area contributed by atoms with Crippen LogP contribution in [0.4, 0.5) is 5.69 Å². The second-order valence-corrected chi connectivity index (χ2v) is 6.62. The molecule has 0 aliphatic rings. The first-order chi connectivity index (χ1) is 11.9. The summed E-state index contributed by atoms with van der Waals surface area (Å²) >= 11 is 0. The SMILES string of the molecule is COc1ccccc1C(C)N(C)CC(=O)Nc1ccccc1C(C)C. The summed E-state index contributed by atoms with van der Waals surface area (Å²) in [5.41, 5.74) is 3.11. The highest BCUT2D eigenvalue weighted by Crippen LogP contribution is 2.28. The minimum absolute atomic E-state index is 0.0163. The van der Waals surface area contributed by atoms with Gasteiger partial charge in [0.1, 0.15) is 5.75 Å². The van der Waals surface area contributed by atoms with Gasteiger partial charge in [-0.15, -0.1) is 0 Å². The Kier molecular flexibility index (Phi) is 6.59. The van der Waals surface area contributed by atoms with Crippen molar-refractivity contribution in [2.75, 3.05) is 26.0 Å². The predicted molar refractivity (Wildman–Crippen MR) is 103 cm³/mol. The van der Waals surface area contributed by atoms with Crippen molar-refractivity contribution < 1.29 is 9.53 Å². The quantitative estimate of drug-likeness (QED) is 0.809. The van der Waals surface area contributed by atoms with E-state index in [0.29, 0.717) is 12.5 Å². The molecule has 0 fully saturated rings. The van der Waals surface area contributed by atoms with E-state index in [2.05, 4.69) is 32.2 Å². The van der Waals surface area contributed by atoms with Gasteiger partial charge in [0.05, 0.1) is 13.7 Å². The van der Waals surface area contributed by atoms with Crippen LogP contribution in [0, 0.1) is 0 Å². The first-order valence-corrected chi connectivity index (χ1v) is 8.66. The van der Waals surface area contributed by atoms with Crippen molar-refractivity contribution in [3.63, 3.8) is 0 Å². The first kappa shape index (κ1) is 19.0. The molecule has 1 unspecified atom stereocenters. The van der Waals surface area contributed by atoms with Crippen LogP contribution in [0.1, 0.15) is 43.9 Å². The molecule has 0 aliphatic heterocycles. The van der Waals surface area contributed by atoms with Crippen molar-refractivity contribution in [1.82, 2.24) is 4.90 Å². The van der Waals surface area contributed by atoms with Gasteiger partial charge < -0.3 is 10.1 Å². The largest absolute Gasteiger partial charge is 0.496 e. The topological polar surface area (TPSA) is 41.6 Å². The third kappa shape index (κ3) is 4.83. The molecule has 25 heavy (non-hydrogen) atoms. The molecule has 1 atom stereocenters. The lowest BCUT2D eigenvalue weighted by Crippen LogP contribution is -2.32. The van der Waals surface area contributed by atoms with E-state index in [9.17, 15) is 4.79 Å². The fourth-order valence-corrected chi connectivity index (χ4v) is 2.92. The smallest absolute Gasteiger partial charge is 0.238 e. The number of methoxy groups -OCH3 is 1. The van der Waals surface area contributed by atoms with Crippen molar-refractivity contribution in [1.29, 1.82) is 0 Å². The lowest BCUT2D eigenvalue weighted by molar-refractivity contribution is -0.117. The second kappa shape index (κ2) is 8.67. The Balaban J connectivity index is 2.05. The zero-order chi connectivity index (χ0) is 18.4. The summed E-state index contributed by atoms with van der Waals surface area (Å²) < 4.78 is 5.43. The highest BCUT2D eigenvalue weighted by molar-refractivity contribution is 5.93. The number of hydrogen-bond donors (Lipinski definition) is 1. The minimum atomic E-state index is -0.0163. The molecular formula is C21H28N2O2. The Hall–Kier alpha value is -2.33. The van der Waals surface area contributed by atoms with Crippen LogP contribution in [-0.2, 0) is 4.79 Å². The van der Waals surface area contributed by atoms with E-state index in [1.54, 1.807) is 7.11 Å². The van der Waals surface area contributed by atoms with Crippen LogP contribution in [0.2, 0.25) is 0 Å². The Bertz CT molecular complexity index is 713. The molecule has 134 valence electrons. The molecule has 0 bridgehead atoms. The number of amides is 1. The van der Waals surface area contributed by atoms with Gasteiger partial charge >= 0.3 is 0 Å². The Morgan fingerprint density at radius 3 is 2.28 bits per heavy atom. The van der Waals surface area contributed by atoms with Gasteiger partial charge in [-0.3, -0.25) is 9.69 Å². The number of rotatable bonds is 7. The molecule has 0 aliphatic carbocycles. The summed E-state index contributed by atoms with van der Waals surface area (Å²) in [5, 5.41) is 3.05. The average molecular weight is 340 g/mol. The van der Waals surface area contributed by atoms with Gasteiger partial charge in [0.25, 0.3) is 0 Å². The normalized spacial score (nSPS) is 12.3. The first-order valence-electron chi connectivity index (χ1n) is 8.66. The van der Waals surface area contributed by atoms with Crippen LogP contribution in [0.25, 0.3) is 0 Å². The molecule has 2 aromatic carbocycles.